The van der Waals surface area contributed by atoms with Crippen molar-refractivity contribution in [3.05, 3.63) is 33.8 Å². The summed E-state index contributed by atoms with van der Waals surface area (Å²) < 4.78 is 0. The zero-order chi connectivity index (χ0) is 12.1. The lowest BCUT2D eigenvalue weighted by Gasteiger charge is -2.23. The summed E-state index contributed by atoms with van der Waals surface area (Å²) in [5, 5.41) is 4.83. The molecule has 2 atom stereocenters. The van der Waals surface area contributed by atoms with Crippen LogP contribution in [0.5, 0.6) is 0 Å². The van der Waals surface area contributed by atoms with E-state index in [4.69, 9.17) is 23.2 Å². The monoisotopic (exact) mass is 259 g/mol. The van der Waals surface area contributed by atoms with Crippen LogP contribution in [0.1, 0.15) is 25.8 Å². The minimum Gasteiger partial charge on any atom is -0.317 e. The number of rotatable bonds is 5. The first-order valence-electron chi connectivity index (χ1n) is 5.70. The Morgan fingerprint density at radius 2 is 1.81 bits per heavy atom. The lowest BCUT2D eigenvalue weighted by Crippen LogP contribution is -2.31. The van der Waals surface area contributed by atoms with Gasteiger partial charge in [0.15, 0.2) is 0 Å². The first-order valence-corrected chi connectivity index (χ1v) is 6.45. The Labute approximate surface area is 108 Å². The summed E-state index contributed by atoms with van der Waals surface area (Å²) in [4.78, 5) is 0. The summed E-state index contributed by atoms with van der Waals surface area (Å²) in [5.74, 6) is 0.558. The zero-order valence-electron chi connectivity index (χ0n) is 10.1. The summed E-state index contributed by atoms with van der Waals surface area (Å²) in [7, 11) is 1.99. The molecule has 3 heteroatoms. The van der Waals surface area contributed by atoms with Gasteiger partial charge in [-0.25, -0.2) is 0 Å². The molecule has 0 radical (unpaired) electrons. The number of benzene rings is 1. The van der Waals surface area contributed by atoms with Gasteiger partial charge in [-0.1, -0.05) is 42.6 Å². The Morgan fingerprint density at radius 1 is 1.25 bits per heavy atom. The lowest BCUT2D eigenvalue weighted by molar-refractivity contribution is 0.381. The van der Waals surface area contributed by atoms with Crippen molar-refractivity contribution in [2.24, 2.45) is 5.92 Å². The van der Waals surface area contributed by atoms with Gasteiger partial charge in [0.05, 0.1) is 0 Å². The second kappa shape index (κ2) is 6.48. The molecular weight excluding hydrogens is 241 g/mol. The molecule has 1 rings (SSSR count). The summed E-state index contributed by atoms with van der Waals surface area (Å²) in [6, 6.07) is 6.16. The molecule has 0 aliphatic carbocycles. The SMILES string of the molecule is CCC(Cc1c(Cl)cccc1Cl)C(C)NC. The highest BCUT2D eigenvalue weighted by Crippen LogP contribution is 2.28. The van der Waals surface area contributed by atoms with Crippen LogP contribution in [0.15, 0.2) is 18.2 Å². The summed E-state index contributed by atoms with van der Waals surface area (Å²) in [6.07, 6.45) is 2.04. The maximum atomic E-state index is 6.17. The molecule has 1 N–H and O–H groups in total. The molecule has 0 heterocycles. The molecular formula is C13H19Cl2N. The minimum absolute atomic E-state index is 0.470. The second-order valence-corrected chi connectivity index (χ2v) is 4.96. The van der Waals surface area contributed by atoms with E-state index in [1.54, 1.807) is 0 Å². The van der Waals surface area contributed by atoms with E-state index in [1.165, 1.54) is 0 Å². The molecule has 1 aromatic carbocycles. The summed E-state index contributed by atoms with van der Waals surface area (Å²) in [5.41, 5.74) is 1.07. The second-order valence-electron chi connectivity index (χ2n) is 4.15. The molecule has 1 nitrogen and oxygen atoms in total. The van der Waals surface area contributed by atoms with Gasteiger partial charge < -0.3 is 5.32 Å². The van der Waals surface area contributed by atoms with Crippen molar-refractivity contribution < 1.29 is 0 Å². The van der Waals surface area contributed by atoms with Crippen molar-refractivity contribution in [2.75, 3.05) is 7.05 Å². The number of halogens is 2. The highest BCUT2D eigenvalue weighted by atomic mass is 35.5. The average molecular weight is 260 g/mol. The molecule has 1 aromatic rings. The molecule has 0 aliphatic rings. The van der Waals surface area contributed by atoms with Crippen molar-refractivity contribution in [3.8, 4) is 0 Å². The molecule has 0 bridgehead atoms. The molecule has 0 aliphatic heterocycles. The van der Waals surface area contributed by atoms with Crippen molar-refractivity contribution in [2.45, 2.75) is 32.7 Å². The van der Waals surface area contributed by atoms with E-state index in [1.807, 2.05) is 25.2 Å². The normalized spacial score (nSPS) is 14.8. The fourth-order valence-corrected chi connectivity index (χ4v) is 2.45. The van der Waals surface area contributed by atoms with Gasteiger partial charge >= 0.3 is 0 Å². The lowest BCUT2D eigenvalue weighted by atomic mass is 9.91. The maximum Gasteiger partial charge on any atom is 0.0452 e. The Balaban J connectivity index is 2.85. The Morgan fingerprint density at radius 3 is 2.25 bits per heavy atom. The number of nitrogens with one attached hydrogen (secondary N) is 1. The third-order valence-electron chi connectivity index (χ3n) is 3.21. The van der Waals surface area contributed by atoms with Crippen molar-refractivity contribution in [1.29, 1.82) is 0 Å². The molecule has 90 valence electrons. The molecule has 0 amide bonds. The van der Waals surface area contributed by atoms with E-state index in [2.05, 4.69) is 19.2 Å². The first-order chi connectivity index (χ1) is 7.60. The van der Waals surface area contributed by atoms with E-state index in [-0.39, 0.29) is 0 Å². The topological polar surface area (TPSA) is 12.0 Å². The standard InChI is InChI=1S/C13H19Cl2N/c1-4-10(9(2)16-3)8-11-12(14)6-5-7-13(11)15/h5-7,9-10,16H,4,8H2,1-3H3. The molecule has 16 heavy (non-hydrogen) atoms. The van der Waals surface area contributed by atoms with Crippen LogP contribution in [0.2, 0.25) is 10.0 Å². The fourth-order valence-electron chi connectivity index (χ4n) is 1.90. The number of hydrogen-bond acceptors (Lipinski definition) is 1. The van der Waals surface area contributed by atoms with Gasteiger partial charge in [-0.3, -0.25) is 0 Å². The fraction of sp³-hybridized carbons (Fsp3) is 0.538. The van der Waals surface area contributed by atoms with E-state index < -0.39 is 0 Å². The van der Waals surface area contributed by atoms with Crippen LogP contribution in [-0.2, 0) is 6.42 Å². The molecule has 0 spiro atoms. The highest BCUT2D eigenvalue weighted by molar-refractivity contribution is 6.35. The molecule has 0 saturated carbocycles. The van der Waals surface area contributed by atoms with Crippen LogP contribution in [-0.4, -0.2) is 13.1 Å². The minimum atomic E-state index is 0.470. The third kappa shape index (κ3) is 3.38. The van der Waals surface area contributed by atoms with Crippen LogP contribution >= 0.6 is 23.2 Å². The predicted octanol–water partition coefficient (Wildman–Crippen LogP) is 4.17. The van der Waals surface area contributed by atoms with Crippen LogP contribution in [0.4, 0.5) is 0 Å². The smallest absolute Gasteiger partial charge is 0.0452 e. The average Bonchev–Trinajstić information content (AvgIpc) is 2.28. The van der Waals surface area contributed by atoms with Crippen LogP contribution < -0.4 is 5.32 Å². The van der Waals surface area contributed by atoms with Gasteiger partial charge in [-0.15, -0.1) is 0 Å². The maximum absolute atomic E-state index is 6.17. The molecule has 0 saturated heterocycles. The van der Waals surface area contributed by atoms with Gasteiger partial charge in [-0.05, 0) is 44.0 Å². The molecule has 0 fully saturated rings. The Bertz CT molecular complexity index is 318. The van der Waals surface area contributed by atoms with Crippen LogP contribution in [0.25, 0.3) is 0 Å². The first kappa shape index (κ1) is 13.8. The Hall–Kier alpha value is -0.240. The van der Waals surface area contributed by atoms with E-state index in [0.29, 0.717) is 12.0 Å². The van der Waals surface area contributed by atoms with E-state index in [9.17, 15) is 0 Å². The molecule has 0 aromatic heterocycles. The van der Waals surface area contributed by atoms with Crippen molar-refractivity contribution in [3.63, 3.8) is 0 Å². The quantitative estimate of drug-likeness (QED) is 0.837. The summed E-state index contributed by atoms with van der Waals surface area (Å²) in [6.45, 7) is 4.39. The largest absolute Gasteiger partial charge is 0.317 e. The van der Waals surface area contributed by atoms with Gasteiger partial charge in [0.1, 0.15) is 0 Å². The third-order valence-corrected chi connectivity index (χ3v) is 3.92. The van der Waals surface area contributed by atoms with Crippen LogP contribution in [0, 0.1) is 5.92 Å². The van der Waals surface area contributed by atoms with Gasteiger partial charge in [0.25, 0.3) is 0 Å². The Kier molecular flexibility index (Phi) is 5.60. The van der Waals surface area contributed by atoms with Gasteiger partial charge in [0, 0.05) is 16.1 Å². The van der Waals surface area contributed by atoms with E-state index >= 15 is 0 Å². The van der Waals surface area contributed by atoms with Crippen molar-refractivity contribution in [1.82, 2.24) is 5.32 Å². The van der Waals surface area contributed by atoms with Crippen LogP contribution in [0.3, 0.4) is 0 Å². The number of hydrogen-bond donors (Lipinski definition) is 1. The summed E-state index contributed by atoms with van der Waals surface area (Å²) >= 11 is 12.3. The van der Waals surface area contributed by atoms with Gasteiger partial charge in [0.2, 0.25) is 0 Å². The molecule has 2 unspecified atom stereocenters. The van der Waals surface area contributed by atoms with E-state index in [0.717, 1.165) is 28.5 Å². The zero-order valence-corrected chi connectivity index (χ0v) is 11.6. The van der Waals surface area contributed by atoms with Crippen molar-refractivity contribution >= 4 is 23.2 Å². The van der Waals surface area contributed by atoms with Gasteiger partial charge in [-0.2, -0.15) is 0 Å². The highest BCUT2D eigenvalue weighted by Gasteiger charge is 2.17. The predicted molar refractivity (Wildman–Crippen MR) is 72.5 cm³/mol.